The number of hydrogen-bond acceptors (Lipinski definition) is 3. The first-order valence-corrected chi connectivity index (χ1v) is 6.59. The number of amides is 1. The lowest BCUT2D eigenvalue weighted by Gasteiger charge is -2.14. The van der Waals surface area contributed by atoms with Gasteiger partial charge in [0.2, 0.25) is 6.79 Å². The Bertz CT molecular complexity index is 670. The highest BCUT2D eigenvalue weighted by Crippen LogP contribution is 2.32. The Hall–Kier alpha value is -2.56. The second kappa shape index (κ2) is 5.44. The summed E-state index contributed by atoms with van der Waals surface area (Å²) in [6.07, 6.45) is 0. The van der Waals surface area contributed by atoms with E-state index in [9.17, 15) is 9.18 Å². The lowest BCUT2D eigenvalue weighted by Crippen LogP contribution is -2.26. The first kappa shape index (κ1) is 13.4. The van der Waals surface area contributed by atoms with E-state index >= 15 is 0 Å². The van der Waals surface area contributed by atoms with Crippen molar-refractivity contribution in [1.29, 1.82) is 0 Å². The second-order valence-electron chi connectivity index (χ2n) is 4.81. The Morgan fingerprint density at radius 2 is 1.86 bits per heavy atom. The zero-order valence-electron chi connectivity index (χ0n) is 11.4. The molecular weight excluding hydrogens is 273 g/mol. The summed E-state index contributed by atoms with van der Waals surface area (Å²) in [6.45, 7) is 2.02. The van der Waals surface area contributed by atoms with Crippen LogP contribution in [0.3, 0.4) is 0 Å². The molecule has 1 amide bonds. The number of nitrogens with one attached hydrogen (secondary N) is 1. The molecule has 0 bridgehead atoms. The number of ether oxygens (including phenoxy) is 2. The van der Waals surface area contributed by atoms with Gasteiger partial charge in [-0.15, -0.1) is 0 Å². The van der Waals surface area contributed by atoms with E-state index in [-0.39, 0.29) is 24.6 Å². The maximum atomic E-state index is 12.9. The van der Waals surface area contributed by atoms with Gasteiger partial charge in [-0.1, -0.05) is 12.1 Å². The summed E-state index contributed by atoms with van der Waals surface area (Å²) in [7, 11) is 0. The quantitative estimate of drug-likeness (QED) is 0.944. The van der Waals surface area contributed by atoms with E-state index in [0.717, 1.165) is 5.56 Å². The first-order chi connectivity index (χ1) is 10.1. The van der Waals surface area contributed by atoms with E-state index in [1.807, 2.05) is 6.92 Å². The molecule has 1 aliphatic heterocycles. The minimum atomic E-state index is -0.298. The van der Waals surface area contributed by atoms with Gasteiger partial charge in [0.05, 0.1) is 6.04 Å². The highest BCUT2D eigenvalue weighted by atomic mass is 19.1. The summed E-state index contributed by atoms with van der Waals surface area (Å²) in [4.78, 5) is 12.2. The average Bonchev–Trinajstić information content (AvgIpc) is 2.95. The number of rotatable bonds is 3. The third-order valence-corrected chi connectivity index (χ3v) is 3.35. The van der Waals surface area contributed by atoms with E-state index in [4.69, 9.17) is 9.47 Å². The molecule has 0 spiro atoms. The Balaban J connectivity index is 1.72. The van der Waals surface area contributed by atoms with Crippen molar-refractivity contribution < 1.29 is 18.7 Å². The minimum absolute atomic E-state index is 0.173. The minimum Gasteiger partial charge on any atom is -0.454 e. The van der Waals surface area contributed by atoms with Gasteiger partial charge in [0.25, 0.3) is 5.91 Å². The lowest BCUT2D eigenvalue weighted by molar-refractivity contribution is 0.0939. The van der Waals surface area contributed by atoms with Crippen LogP contribution in [0.4, 0.5) is 4.39 Å². The van der Waals surface area contributed by atoms with Crippen LogP contribution in [-0.2, 0) is 0 Å². The molecule has 0 radical (unpaired) electrons. The predicted molar refractivity (Wildman–Crippen MR) is 74.8 cm³/mol. The molecule has 0 saturated heterocycles. The molecule has 5 heteroatoms. The van der Waals surface area contributed by atoms with E-state index in [2.05, 4.69) is 5.32 Å². The van der Waals surface area contributed by atoms with Crippen molar-refractivity contribution in [2.24, 2.45) is 0 Å². The SMILES string of the molecule is CC(NC(=O)c1ccc2c(c1)OCO2)c1ccc(F)cc1. The fraction of sp³-hybridized carbons (Fsp3) is 0.188. The molecule has 0 aromatic heterocycles. The molecule has 1 atom stereocenters. The van der Waals surface area contributed by atoms with Crippen LogP contribution < -0.4 is 14.8 Å². The predicted octanol–water partition coefficient (Wildman–Crippen LogP) is 3.05. The summed E-state index contributed by atoms with van der Waals surface area (Å²) in [5.41, 5.74) is 1.33. The van der Waals surface area contributed by atoms with E-state index in [1.165, 1.54) is 12.1 Å². The summed E-state index contributed by atoms with van der Waals surface area (Å²) in [5.74, 6) is 0.688. The van der Waals surface area contributed by atoms with Crippen LogP contribution >= 0.6 is 0 Å². The van der Waals surface area contributed by atoms with Crippen molar-refractivity contribution in [2.45, 2.75) is 13.0 Å². The summed E-state index contributed by atoms with van der Waals surface area (Å²) in [6, 6.07) is 10.9. The highest BCUT2D eigenvalue weighted by molar-refractivity contribution is 5.95. The fourth-order valence-corrected chi connectivity index (χ4v) is 2.15. The summed E-state index contributed by atoms with van der Waals surface area (Å²) in [5, 5.41) is 2.87. The number of benzene rings is 2. The normalized spacial score (nSPS) is 13.8. The van der Waals surface area contributed by atoms with Crippen molar-refractivity contribution in [2.75, 3.05) is 6.79 Å². The topological polar surface area (TPSA) is 47.6 Å². The van der Waals surface area contributed by atoms with Gasteiger partial charge < -0.3 is 14.8 Å². The number of fused-ring (bicyclic) bond motifs is 1. The smallest absolute Gasteiger partial charge is 0.251 e. The molecule has 3 rings (SSSR count). The van der Waals surface area contributed by atoms with Gasteiger partial charge in [-0.05, 0) is 42.8 Å². The van der Waals surface area contributed by atoms with E-state index in [0.29, 0.717) is 17.1 Å². The first-order valence-electron chi connectivity index (χ1n) is 6.59. The largest absolute Gasteiger partial charge is 0.454 e. The van der Waals surface area contributed by atoms with Crippen LogP contribution in [-0.4, -0.2) is 12.7 Å². The third kappa shape index (κ3) is 2.81. The Kier molecular flexibility index (Phi) is 3.48. The zero-order valence-corrected chi connectivity index (χ0v) is 11.4. The maximum Gasteiger partial charge on any atom is 0.251 e. The molecule has 0 saturated carbocycles. The molecule has 1 N–H and O–H groups in total. The standard InChI is InChI=1S/C16H14FNO3/c1-10(11-2-5-13(17)6-3-11)18-16(19)12-4-7-14-15(8-12)21-9-20-14/h2-8,10H,9H2,1H3,(H,18,19). The van der Waals surface area contributed by atoms with Gasteiger partial charge in [-0.25, -0.2) is 4.39 Å². The molecule has 2 aromatic carbocycles. The number of carbonyl (C=O) groups is 1. The Morgan fingerprint density at radius 3 is 2.62 bits per heavy atom. The molecule has 1 aliphatic rings. The molecule has 0 aliphatic carbocycles. The summed E-state index contributed by atoms with van der Waals surface area (Å²) >= 11 is 0. The zero-order chi connectivity index (χ0) is 14.8. The van der Waals surface area contributed by atoms with Crippen LogP contribution in [0.1, 0.15) is 28.9 Å². The maximum absolute atomic E-state index is 12.9. The van der Waals surface area contributed by atoms with Crippen LogP contribution in [0.5, 0.6) is 11.5 Å². The molecule has 4 nitrogen and oxygen atoms in total. The molecule has 1 heterocycles. The van der Waals surface area contributed by atoms with Gasteiger partial charge in [0.15, 0.2) is 11.5 Å². The van der Waals surface area contributed by atoms with Crippen molar-refractivity contribution in [1.82, 2.24) is 5.32 Å². The molecule has 2 aromatic rings. The Morgan fingerprint density at radius 1 is 1.14 bits per heavy atom. The van der Waals surface area contributed by atoms with E-state index in [1.54, 1.807) is 30.3 Å². The van der Waals surface area contributed by atoms with Gasteiger partial charge in [-0.3, -0.25) is 4.79 Å². The van der Waals surface area contributed by atoms with Gasteiger partial charge in [-0.2, -0.15) is 0 Å². The van der Waals surface area contributed by atoms with Gasteiger partial charge in [0.1, 0.15) is 5.82 Å². The molecule has 108 valence electrons. The van der Waals surface area contributed by atoms with Crippen molar-refractivity contribution in [3.05, 3.63) is 59.4 Å². The average molecular weight is 287 g/mol. The second-order valence-corrected chi connectivity index (χ2v) is 4.81. The molecule has 0 fully saturated rings. The van der Waals surface area contributed by atoms with Gasteiger partial charge in [0, 0.05) is 5.56 Å². The third-order valence-electron chi connectivity index (χ3n) is 3.35. The van der Waals surface area contributed by atoms with Crippen molar-refractivity contribution in [3.8, 4) is 11.5 Å². The fourth-order valence-electron chi connectivity index (χ4n) is 2.15. The number of hydrogen-bond donors (Lipinski definition) is 1. The van der Waals surface area contributed by atoms with Crippen molar-refractivity contribution >= 4 is 5.91 Å². The summed E-state index contributed by atoms with van der Waals surface area (Å²) < 4.78 is 23.3. The number of carbonyl (C=O) groups excluding carboxylic acids is 1. The van der Waals surface area contributed by atoms with Crippen LogP contribution in [0.25, 0.3) is 0 Å². The van der Waals surface area contributed by atoms with Crippen LogP contribution in [0, 0.1) is 5.82 Å². The highest BCUT2D eigenvalue weighted by Gasteiger charge is 2.17. The molecule has 1 unspecified atom stereocenters. The lowest BCUT2D eigenvalue weighted by atomic mass is 10.1. The number of halogens is 1. The Labute approximate surface area is 121 Å². The molecule has 21 heavy (non-hydrogen) atoms. The molecular formula is C16H14FNO3. The monoisotopic (exact) mass is 287 g/mol. The van der Waals surface area contributed by atoms with Crippen LogP contribution in [0.15, 0.2) is 42.5 Å². The van der Waals surface area contributed by atoms with Crippen molar-refractivity contribution in [3.63, 3.8) is 0 Å². The van der Waals surface area contributed by atoms with E-state index < -0.39 is 0 Å². The van der Waals surface area contributed by atoms with Gasteiger partial charge >= 0.3 is 0 Å². The van der Waals surface area contributed by atoms with Crippen LogP contribution in [0.2, 0.25) is 0 Å².